The van der Waals surface area contributed by atoms with Gasteiger partial charge in [0.25, 0.3) is 0 Å². The van der Waals surface area contributed by atoms with E-state index >= 15 is 0 Å². The Hall–Kier alpha value is -1.81. The molecule has 90 valence electrons. The van der Waals surface area contributed by atoms with E-state index in [0.29, 0.717) is 12.2 Å². The van der Waals surface area contributed by atoms with Crippen molar-refractivity contribution in [2.45, 2.75) is 19.9 Å². The van der Waals surface area contributed by atoms with Crippen LogP contribution in [0.15, 0.2) is 24.4 Å². The third-order valence-corrected chi connectivity index (χ3v) is 2.72. The third kappa shape index (κ3) is 2.17. The van der Waals surface area contributed by atoms with E-state index in [1.54, 1.807) is 13.0 Å². The number of aromatic amines is 1. The summed E-state index contributed by atoms with van der Waals surface area (Å²) in [5, 5.41) is 0.977. The molecule has 0 aliphatic rings. The fraction of sp³-hybridized carbons (Fsp3) is 0.308. The molecule has 0 spiro atoms. The van der Waals surface area contributed by atoms with Gasteiger partial charge in [-0.15, -0.1) is 0 Å². The molecule has 0 saturated carbocycles. The quantitative estimate of drug-likeness (QED) is 0.798. The van der Waals surface area contributed by atoms with E-state index < -0.39 is 0 Å². The van der Waals surface area contributed by atoms with Crippen molar-refractivity contribution in [3.8, 4) is 0 Å². The van der Waals surface area contributed by atoms with Crippen LogP contribution in [0.2, 0.25) is 0 Å². The van der Waals surface area contributed by atoms with Gasteiger partial charge in [-0.3, -0.25) is 0 Å². The molecule has 4 heteroatoms. The van der Waals surface area contributed by atoms with Crippen molar-refractivity contribution >= 4 is 16.9 Å². The maximum atomic E-state index is 11.6. The normalized spacial score (nSPS) is 12.6. The van der Waals surface area contributed by atoms with Gasteiger partial charge in [0.1, 0.15) is 0 Å². The summed E-state index contributed by atoms with van der Waals surface area (Å²) in [4.78, 5) is 14.8. The third-order valence-electron chi connectivity index (χ3n) is 2.72. The molecule has 0 radical (unpaired) electrons. The lowest BCUT2D eigenvalue weighted by Gasteiger charge is -2.05. The second kappa shape index (κ2) is 4.59. The van der Waals surface area contributed by atoms with Crippen LogP contribution in [0, 0.1) is 0 Å². The van der Waals surface area contributed by atoms with Crippen molar-refractivity contribution in [3.63, 3.8) is 0 Å². The summed E-state index contributed by atoms with van der Waals surface area (Å²) in [6.07, 6.45) is 1.88. The molecule has 0 fully saturated rings. The lowest BCUT2D eigenvalue weighted by atomic mass is 10.1. The standard InChI is InChI=1S/C13H16N2O2/c1-3-17-13(16)9-4-5-12-10(6-9)11(7-15-12)8(2)14/h4-8,15H,3,14H2,1-2H3. The Morgan fingerprint density at radius 2 is 2.29 bits per heavy atom. The first-order valence-corrected chi connectivity index (χ1v) is 5.67. The topological polar surface area (TPSA) is 68.1 Å². The molecule has 1 unspecified atom stereocenters. The van der Waals surface area contributed by atoms with Gasteiger partial charge < -0.3 is 15.5 Å². The monoisotopic (exact) mass is 232 g/mol. The fourth-order valence-corrected chi connectivity index (χ4v) is 1.86. The number of hydrogen-bond acceptors (Lipinski definition) is 3. The van der Waals surface area contributed by atoms with E-state index in [-0.39, 0.29) is 12.0 Å². The van der Waals surface area contributed by atoms with Crippen LogP contribution >= 0.6 is 0 Å². The van der Waals surface area contributed by atoms with Crippen molar-refractivity contribution in [1.29, 1.82) is 0 Å². The van der Waals surface area contributed by atoms with Crippen LogP contribution in [0.1, 0.15) is 35.8 Å². The smallest absolute Gasteiger partial charge is 0.338 e. The number of esters is 1. The molecular formula is C13H16N2O2. The minimum absolute atomic E-state index is 0.0683. The number of fused-ring (bicyclic) bond motifs is 1. The summed E-state index contributed by atoms with van der Waals surface area (Å²) in [6, 6.07) is 5.37. The number of benzene rings is 1. The number of nitrogens with two attached hydrogens (primary N) is 1. The maximum absolute atomic E-state index is 11.6. The van der Waals surface area contributed by atoms with Crippen LogP contribution in [0.5, 0.6) is 0 Å². The Balaban J connectivity index is 2.47. The molecule has 4 nitrogen and oxygen atoms in total. The Morgan fingerprint density at radius 1 is 1.53 bits per heavy atom. The number of rotatable bonds is 3. The predicted octanol–water partition coefficient (Wildman–Crippen LogP) is 2.36. The Kier molecular flexibility index (Phi) is 3.15. The van der Waals surface area contributed by atoms with Gasteiger partial charge in [0.05, 0.1) is 12.2 Å². The molecule has 2 rings (SSSR count). The van der Waals surface area contributed by atoms with Crippen molar-refractivity contribution < 1.29 is 9.53 Å². The first kappa shape index (κ1) is 11.7. The highest BCUT2D eigenvalue weighted by molar-refractivity contribution is 5.95. The largest absolute Gasteiger partial charge is 0.462 e. The van der Waals surface area contributed by atoms with Gasteiger partial charge in [0.15, 0.2) is 0 Å². The van der Waals surface area contributed by atoms with Crippen LogP contribution < -0.4 is 5.73 Å². The van der Waals surface area contributed by atoms with Crippen LogP contribution in [0.4, 0.5) is 0 Å². The van der Waals surface area contributed by atoms with Crippen molar-refractivity contribution in [2.24, 2.45) is 5.73 Å². The summed E-state index contributed by atoms with van der Waals surface area (Å²) < 4.78 is 4.97. The minimum atomic E-state index is -0.300. The van der Waals surface area contributed by atoms with E-state index in [0.717, 1.165) is 16.5 Å². The van der Waals surface area contributed by atoms with Gasteiger partial charge in [0.2, 0.25) is 0 Å². The minimum Gasteiger partial charge on any atom is -0.462 e. The number of ether oxygens (including phenoxy) is 1. The van der Waals surface area contributed by atoms with Crippen molar-refractivity contribution in [3.05, 3.63) is 35.5 Å². The SMILES string of the molecule is CCOC(=O)c1ccc2[nH]cc(C(C)N)c2c1. The summed E-state index contributed by atoms with van der Waals surface area (Å²) in [5.41, 5.74) is 8.41. The van der Waals surface area contributed by atoms with E-state index in [1.165, 1.54) is 0 Å². The lowest BCUT2D eigenvalue weighted by Crippen LogP contribution is -2.06. The first-order valence-electron chi connectivity index (χ1n) is 5.67. The maximum Gasteiger partial charge on any atom is 0.338 e. The summed E-state index contributed by atoms with van der Waals surface area (Å²) in [5.74, 6) is -0.300. The second-order valence-corrected chi connectivity index (χ2v) is 4.01. The molecule has 0 amide bonds. The van der Waals surface area contributed by atoms with Gasteiger partial charge in [0, 0.05) is 23.1 Å². The zero-order valence-corrected chi connectivity index (χ0v) is 9.99. The molecule has 1 atom stereocenters. The Morgan fingerprint density at radius 3 is 2.94 bits per heavy atom. The Bertz CT molecular complexity index is 543. The number of aromatic nitrogens is 1. The van der Waals surface area contributed by atoms with Gasteiger partial charge in [-0.25, -0.2) is 4.79 Å². The molecule has 3 N–H and O–H groups in total. The van der Waals surface area contributed by atoms with Crippen LogP contribution in [-0.2, 0) is 4.74 Å². The molecule has 1 aromatic carbocycles. The molecule has 0 aliphatic heterocycles. The van der Waals surface area contributed by atoms with Crippen molar-refractivity contribution in [1.82, 2.24) is 4.98 Å². The van der Waals surface area contributed by atoms with Crippen LogP contribution in [-0.4, -0.2) is 17.6 Å². The molecule has 0 bridgehead atoms. The average Bonchev–Trinajstić information content (AvgIpc) is 2.71. The van der Waals surface area contributed by atoms with Gasteiger partial charge in [-0.2, -0.15) is 0 Å². The number of carbonyl (C=O) groups excluding carboxylic acids is 1. The van der Waals surface area contributed by atoms with E-state index in [4.69, 9.17) is 10.5 Å². The van der Waals surface area contributed by atoms with Crippen LogP contribution in [0.25, 0.3) is 10.9 Å². The Labute approximate surface area is 99.8 Å². The zero-order valence-electron chi connectivity index (χ0n) is 9.99. The van der Waals surface area contributed by atoms with E-state index in [1.807, 2.05) is 25.3 Å². The number of H-pyrrole nitrogens is 1. The van der Waals surface area contributed by atoms with Gasteiger partial charge in [-0.05, 0) is 37.6 Å². The summed E-state index contributed by atoms with van der Waals surface area (Å²) >= 11 is 0. The number of hydrogen-bond donors (Lipinski definition) is 2. The highest BCUT2D eigenvalue weighted by Gasteiger charge is 2.11. The second-order valence-electron chi connectivity index (χ2n) is 4.01. The summed E-state index contributed by atoms with van der Waals surface area (Å²) in [7, 11) is 0. The number of nitrogens with one attached hydrogen (secondary N) is 1. The molecular weight excluding hydrogens is 216 g/mol. The molecule has 17 heavy (non-hydrogen) atoms. The fourth-order valence-electron chi connectivity index (χ4n) is 1.86. The van der Waals surface area contributed by atoms with Gasteiger partial charge >= 0.3 is 5.97 Å². The zero-order chi connectivity index (χ0) is 12.4. The molecule has 1 heterocycles. The lowest BCUT2D eigenvalue weighted by molar-refractivity contribution is 0.0526. The predicted molar refractivity (Wildman–Crippen MR) is 66.9 cm³/mol. The first-order chi connectivity index (χ1) is 8.13. The highest BCUT2D eigenvalue weighted by Crippen LogP contribution is 2.24. The summed E-state index contributed by atoms with van der Waals surface area (Å²) in [6.45, 7) is 4.09. The van der Waals surface area contributed by atoms with Gasteiger partial charge in [-0.1, -0.05) is 0 Å². The molecule has 0 aliphatic carbocycles. The van der Waals surface area contributed by atoms with E-state index in [9.17, 15) is 4.79 Å². The average molecular weight is 232 g/mol. The number of carbonyl (C=O) groups is 1. The highest BCUT2D eigenvalue weighted by atomic mass is 16.5. The van der Waals surface area contributed by atoms with Crippen molar-refractivity contribution in [2.75, 3.05) is 6.61 Å². The van der Waals surface area contributed by atoms with E-state index in [2.05, 4.69) is 4.98 Å². The molecule has 1 aromatic heterocycles. The molecule has 0 saturated heterocycles. The van der Waals surface area contributed by atoms with Crippen LogP contribution in [0.3, 0.4) is 0 Å². The molecule has 2 aromatic rings.